The monoisotopic (exact) mass is 292 g/mol. The molecule has 2 N–H and O–H groups in total. The van der Waals surface area contributed by atoms with Crippen LogP contribution in [0.25, 0.3) is 0 Å². The lowest BCUT2D eigenvalue weighted by molar-refractivity contribution is -0.385. The molecule has 5 nitrogen and oxygen atoms in total. The molecular formula is C14H13ClN2O3. The number of rotatable bonds is 4. The maximum atomic E-state index is 11.0. The Morgan fingerprint density at radius 2 is 1.95 bits per heavy atom. The van der Waals surface area contributed by atoms with Crippen molar-refractivity contribution in [2.45, 2.75) is 13.0 Å². The molecule has 0 aliphatic heterocycles. The topological polar surface area (TPSA) is 78.4 Å². The molecule has 0 spiro atoms. The highest BCUT2D eigenvalue weighted by atomic mass is 35.5. The van der Waals surface area contributed by atoms with Gasteiger partial charge in [-0.1, -0.05) is 29.8 Å². The molecule has 0 fully saturated rings. The van der Waals surface area contributed by atoms with Crippen molar-refractivity contribution in [2.24, 2.45) is 5.73 Å². The highest BCUT2D eigenvalue weighted by molar-refractivity contribution is 6.30. The van der Waals surface area contributed by atoms with Crippen LogP contribution < -0.4 is 10.5 Å². The molecule has 2 aromatic rings. The molecule has 20 heavy (non-hydrogen) atoms. The van der Waals surface area contributed by atoms with Crippen molar-refractivity contribution in [1.82, 2.24) is 0 Å². The summed E-state index contributed by atoms with van der Waals surface area (Å²) in [4.78, 5) is 10.5. The van der Waals surface area contributed by atoms with Crippen LogP contribution in [0.5, 0.6) is 11.5 Å². The van der Waals surface area contributed by atoms with E-state index in [2.05, 4.69) is 0 Å². The van der Waals surface area contributed by atoms with Gasteiger partial charge in [-0.3, -0.25) is 10.1 Å². The largest absolute Gasteiger partial charge is 0.450 e. The first kappa shape index (κ1) is 14.3. The fourth-order valence-corrected chi connectivity index (χ4v) is 1.95. The Bertz CT molecular complexity index is 644. The predicted octanol–water partition coefficient (Wildman–Crippen LogP) is 4.06. The maximum absolute atomic E-state index is 11.0. The lowest BCUT2D eigenvalue weighted by Gasteiger charge is -2.13. The van der Waals surface area contributed by atoms with Gasteiger partial charge in [0.2, 0.25) is 5.75 Å². The van der Waals surface area contributed by atoms with Crippen molar-refractivity contribution in [2.75, 3.05) is 0 Å². The molecule has 2 rings (SSSR count). The van der Waals surface area contributed by atoms with Crippen LogP contribution in [0.15, 0.2) is 42.5 Å². The van der Waals surface area contributed by atoms with Crippen LogP contribution in [0, 0.1) is 10.1 Å². The van der Waals surface area contributed by atoms with Crippen molar-refractivity contribution in [3.8, 4) is 11.5 Å². The summed E-state index contributed by atoms with van der Waals surface area (Å²) in [5.41, 5.74) is 6.45. The SMILES string of the molecule is C[C@@H](N)c1ccccc1Oc1ccc(Cl)cc1[N+](=O)[O-]. The third-order valence-corrected chi connectivity index (χ3v) is 2.98. The zero-order valence-corrected chi connectivity index (χ0v) is 11.5. The van der Waals surface area contributed by atoms with E-state index in [9.17, 15) is 10.1 Å². The van der Waals surface area contributed by atoms with E-state index >= 15 is 0 Å². The molecule has 0 aliphatic rings. The smallest absolute Gasteiger partial charge is 0.313 e. The normalized spacial score (nSPS) is 11.9. The summed E-state index contributed by atoms with van der Waals surface area (Å²) in [6.07, 6.45) is 0. The second-order valence-electron chi connectivity index (χ2n) is 4.30. The minimum atomic E-state index is -0.532. The third kappa shape index (κ3) is 3.07. The highest BCUT2D eigenvalue weighted by Crippen LogP contribution is 2.35. The number of nitro groups is 1. The van der Waals surface area contributed by atoms with Gasteiger partial charge in [0, 0.05) is 22.7 Å². The Morgan fingerprint density at radius 3 is 2.60 bits per heavy atom. The van der Waals surface area contributed by atoms with Gasteiger partial charge in [-0.05, 0) is 25.1 Å². The van der Waals surface area contributed by atoms with E-state index in [4.69, 9.17) is 22.1 Å². The van der Waals surface area contributed by atoms with Crippen molar-refractivity contribution in [1.29, 1.82) is 0 Å². The molecule has 0 saturated heterocycles. The summed E-state index contributed by atoms with van der Waals surface area (Å²) < 4.78 is 5.64. The molecule has 6 heteroatoms. The molecule has 2 aromatic carbocycles. The number of nitro benzene ring substituents is 1. The second kappa shape index (κ2) is 5.90. The van der Waals surface area contributed by atoms with E-state index in [-0.39, 0.29) is 22.5 Å². The summed E-state index contributed by atoms with van der Waals surface area (Å²) in [7, 11) is 0. The van der Waals surface area contributed by atoms with Crippen LogP contribution in [-0.4, -0.2) is 4.92 Å². The Hall–Kier alpha value is -2.11. The van der Waals surface area contributed by atoms with Gasteiger partial charge in [-0.25, -0.2) is 0 Å². The first-order valence-electron chi connectivity index (χ1n) is 5.95. The Morgan fingerprint density at radius 1 is 1.25 bits per heavy atom. The van der Waals surface area contributed by atoms with Crippen molar-refractivity contribution in [3.63, 3.8) is 0 Å². The molecule has 1 atom stereocenters. The average molecular weight is 293 g/mol. The van der Waals surface area contributed by atoms with Gasteiger partial charge < -0.3 is 10.5 Å². The van der Waals surface area contributed by atoms with Crippen LogP contribution in [0.4, 0.5) is 5.69 Å². The van der Waals surface area contributed by atoms with Crippen LogP contribution in [0.3, 0.4) is 0 Å². The molecule has 0 heterocycles. The highest BCUT2D eigenvalue weighted by Gasteiger charge is 2.18. The van der Waals surface area contributed by atoms with Gasteiger partial charge in [0.25, 0.3) is 0 Å². The fourth-order valence-electron chi connectivity index (χ4n) is 1.79. The van der Waals surface area contributed by atoms with E-state index in [1.165, 1.54) is 12.1 Å². The number of hydrogen-bond donors (Lipinski definition) is 1. The summed E-state index contributed by atoms with van der Waals surface area (Å²) >= 11 is 5.77. The number of benzene rings is 2. The third-order valence-electron chi connectivity index (χ3n) is 2.75. The fraction of sp³-hybridized carbons (Fsp3) is 0.143. The summed E-state index contributed by atoms with van der Waals surface area (Å²) in [6.45, 7) is 1.82. The zero-order valence-electron chi connectivity index (χ0n) is 10.7. The molecular weight excluding hydrogens is 280 g/mol. The van der Waals surface area contributed by atoms with Crippen molar-refractivity contribution < 1.29 is 9.66 Å². The maximum Gasteiger partial charge on any atom is 0.313 e. The number of nitrogens with two attached hydrogens (primary N) is 1. The van der Waals surface area contributed by atoms with Gasteiger partial charge in [0.1, 0.15) is 5.75 Å². The number of hydrogen-bond acceptors (Lipinski definition) is 4. The molecule has 0 aliphatic carbocycles. The standard InChI is InChI=1S/C14H13ClN2O3/c1-9(16)11-4-2-3-5-13(11)20-14-7-6-10(15)8-12(14)17(18)19/h2-9H,16H2,1H3/t9-/m1/s1. The van der Waals surface area contributed by atoms with Crippen LogP contribution in [0.2, 0.25) is 5.02 Å². The predicted molar refractivity (Wildman–Crippen MR) is 77.2 cm³/mol. The molecule has 0 radical (unpaired) electrons. The zero-order chi connectivity index (χ0) is 14.7. The lowest BCUT2D eigenvalue weighted by Crippen LogP contribution is -2.06. The molecule has 0 aromatic heterocycles. The summed E-state index contributed by atoms with van der Waals surface area (Å²) in [5.74, 6) is 0.625. The van der Waals surface area contributed by atoms with Gasteiger partial charge in [0.05, 0.1) is 4.92 Å². The van der Waals surface area contributed by atoms with E-state index in [0.717, 1.165) is 5.56 Å². The minimum Gasteiger partial charge on any atom is -0.450 e. The Labute approximate surface area is 121 Å². The van der Waals surface area contributed by atoms with E-state index in [1.54, 1.807) is 18.2 Å². The van der Waals surface area contributed by atoms with Crippen LogP contribution in [0.1, 0.15) is 18.5 Å². The van der Waals surface area contributed by atoms with Gasteiger partial charge in [-0.15, -0.1) is 0 Å². The van der Waals surface area contributed by atoms with Gasteiger partial charge >= 0.3 is 5.69 Å². The van der Waals surface area contributed by atoms with E-state index < -0.39 is 4.92 Å². The molecule has 104 valence electrons. The lowest BCUT2D eigenvalue weighted by atomic mass is 10.1. The van der Waals surface area contributed by atoms with Crippen molar-refractivity contribution in [3.05, 3.63) is 63.2 Å². The molecule has 0 unspecified atom stereocenters. The first-order chi connectivity index (χ1) is 9.49. The van der Waals surface area contributed by atoms with Crippen LogP contribution >= 0.6 is 11.6 Å². The number of halogens is 1. The average Bonchev–Trinajstić information content (AvgIpc) is 2.41. The number of para-hydroxylation sites is 1. The number of nitrogens with zero attached hydrogens (tertiary/aromatic N) is 1. The van der Waals surface area contributed by atoms with Crippen molar-refractivity contribution >= 4 is 17.3 Å². The Balaban J connectivity index is 2.43. The first-order valence-corrected chi connectivity index (χ1v) is 6.33. The van der Waals surface area contributed by atoms with E-state index in [1.807, 2.05) is 19.1 Å². The van der Waals surface area contributed by atoms with Gasteiger partial charge in [-0.2, -0.15) is 0 Å². The summed E-state index contributed by atoms with van der Waals surface area (Å²) in [6, 6.07) is 11.2. The number of ether oxygens (including phenoxy) is 1. The summed E-state index contributed by atoms with van der Waals surface area (Å²) in [5, 5.41) is 11.3. The molecule has 0 bridgehead atoms. The van der Waals surface area contributed by atoms with E-state index in [0.29, 0.717) is 5.75 Å². The molecule has 0 amide bonds. The van der Waals surface area contributed by atoms with Crippen LogP contribution in [-0.2, 0) is 0 Å². The minimum absolute atomic E-state index is 0.132. The van der Waals surface area contributed by atoms with Gasteiger partial charge in [0.15, 0.2) is 0 Å². The quantitative estimate of drug-likeness (QED) is 0.681. The Kier molecular flexibility index (Phi) is 4.22. The second-order valence-corrected chi connectivity index (χ2v) is 4.73. The molecule has 0 saturated carbocycles.